The maximum absolute atomic E-state index is 6.95. The van der Waals surface area contributed by atoms with Gasteiger partial charge in [-0.2, -0.15) is 0 Å². The molecule has 6 heteroatoms. The summed E-state index contributed by atoms with van der Waals surface area (Å²) >= 11 is 1.89. The molecular formula is C56H49BN2O2S. The van der Waals surface area contributed by atoms with Crippen molar-refractivity contribution in [3.63, 3.8) is 0 Å². The molecule has 0 unspecified atom stereocenters. The molecule has 1 aliphatic heterocycles. The van der Waals surface area contributed by atoms with Crippen LogP contribution >= 0.6 is 11.3 Å². The minimum atomic E-state index is -0.0113. The predicted octanol–water partition coefficient (Wildman–Crippen LogP) is 14.8. The van der Waals surface area contributed by atoms with E-state index >= 15 is 0 Å². The second-order valence-corrected chi connectivity index (χ2v) is 21.8. The number of hydrogen-bond donors (Lipinski definition) is 1. The second kappa shape index (κ2) is 12.7. The van der Waals surface area contributed by atoms with Crippen molar-refractivity contribution in [1.29, 1.82) is 0 Å². The summed E-state index contributed by atoms with van der Waals surface area (Å²) in [6, 6.07) is 45.4. The Hall–Kier alpha value is -6.24. The number of hydrogen-bond acceptors (Lipinski definition) is 4. The number of fused-ring (bicyclic) bond motifs is 13. The lowest BCUT2D eigenvalue weighted by molar-refractivity contribution is 0.590. The Kier molecular flexibility index (Phi) is 7.67. The minimum Gasteiger partial charge on any atom is -0.469 e. The molecular weight excluding hydrogens is 776 g/mol. The van der Waals surface area contributed by atoms with Crippen LogP contribution in [0.3, 0.4) is 0 Å². The Morgan fingerprint density at radius 2 is 1.18 bits per heavy atom. The zero-order chi connectivity index (χ0) is 42.6. The van der Waals surface area contributed by atoms with E-state index < -0.39 is 0 Å². The highest BCUT2D eigenvalue weighted by Crippen LogP contribution is 2.46. The third kappa shape index (κ3) is 5.58. The van der Waals surface area contributed by atoms with Crippen LogP contribution < -0.4 is 16.4 Å². The van der Waals surface area contributed by atoms with E-state index in [1.54, 1.807) is 0 Å². The smallest absolute Gasteiger partial charge is 0.244 e. The van der Waals surface area contributed by atoms with E-state index in [0.717, 1.165) is 61.1 Å². The fourth-order valence-corrected chi connectivity index (χ4v) is 11.2. The number of para-hydroxylation sites is 1. The third-order valence-corrected chi connectivity index (χ3v) is 14.6. The topological polar surface area (TPSA) is 43.2 Å². The van der Waals surface area contributed by atoms with Gasteiger partial charge in [-0.1, -0.05) is 123 Å². The summed E-state index contributed by atoms with van der Waals surface area (Å²) in [5.74, 6) is 0. The Labute approximate surface area is 366 Å². The number of furan rings is 2. The van der Waals surface area contributed by atoms with Crippen LogP contribution in [0.25, 0.3) is 91.7 Å². The summed E-state index contributed by atoms with van der Waals surface area (Å²) in [4.78, 5) is 0. The molecule has 1 aliphatic rings. The van der Waals surface area contributed by atoms with E-state index in [1.807, 2.05) is 17.4 Å². The average molecular weight is 825 g/mol. The molecule has 0 fully saturated rings. The molecule has 7 aromatic carbocycles. The number of anilines is 2. The Bertz CT molecular complexity index is 3690. The molecule has 0 atom stereocenters. The third-order valence-electron chi connectivity index (χ3n) is 13.5. The molecule has 0 saturated heterocycles. The summed E-state index contributed by atoms with van der Waals surface area (Å²) in [6.45, 7) is 20.5. The van der Waals surface area contributed by atoms with Crippen LogP contribution in [0.1, 0.15) is 79.0 Å². The SMILES string of the molecule is CC(C)(C)c1ccc(Nc2cc3c(cc2-c2ccc4c5cc6c(cc5n5c4c2Bc2oc4ccc(C(C)(C)C)cc4c2-5)oc2ccccc26)sc2cc(C(C)(C)C)ccc23)cc1. The summed E-state index contributed by atoms with van der Waals surface area (Å²) in [5, 5.41) is 12.4. The number of nitrogens with zero attached hydrogens (tertiary/aromatic N) is 1. The predicted molar refractivity (Wildman–Crippen MR) is 268 cm³/mol. The molecule has 0 aliphatic carbocycles. The molecule has 4 aromatic heterocycles. The van der Waals surface area contributed by atoms with Gasteiger partial charge in [0.2, 0.25) is 7.28 Å². The minimum absolute atomic E-state index is 0.0113. The first kappa shape index (κ1) is 37.5. The lowest BCUT2D eigenvalue weighted by Gasteiger charge is -2.22. The van der Waals surface area contributed by atoms with Gasteiger partial charge in [0, 0.05) is 75.6 Å². The molecule has 0 spiro atoms. The van der Waals surface area contributed by atoms with Crippen molar-refractivity contribution in [2.45, 2.75) is 78.6 Å². The van der Waals surface area contributed by atoms with Crippen LogP contribution in [0.2, 0.25) is 0 Å². The number of nitrogens with one attached hydrogen (secondary N) is 1. The van der Waals surface area contributed by atoms with E-state index in [4.69, 9.17) is 8.83 Å². The normalized spacial score (nSPS) is 13.4. The first-order chi connectivity index (χ1) is 29.6. The Balaban J connectivity index is 1.15. The van der Waals surface area contributed by atoms with Crippen LogP contribution in [0.15, 0.2) is 130 Å². The second-order valence-electron chi connectivity index (χ2n) is 20.7. The van der Waals surface area contributed by atoms with Crippen LogP contribution in [0.4, 0.5) is 11.4 Å². The number of benzene rings is 7. The fraction of sp³-hybridized carbons (Fsp3) is 0.214. The maximum atomic E-state index is 6.95. The molecule has 5 heterocycles. The lowest BCUT2D eigenvalue weighted by Crippen LogP contribution is -2.36. The van der Waals surface area contributed by atoms with Gasteiger partial charge >= 0.3 is 0 Å². The van der Waals surface area contributed by atoms with Crippen molar-refractivity contribution in [3.05, 3.63) is 138 Å². The zero-order valence-corrected chi connectivity index (χ0v) is 37.7. The van der Waals surface area contributed by atoms with Gasteiger partial charge in [0.05, 0.1) is 16.9 Å². The van der Waals surface area contributed by atoms with E-state index in [0.29, 0.717) is 7.28 Å². The van der Waals surface area contributed by atoms with E-state index in [2.05, 4.69) is 187 Å². The van der Waals surface area contributed by atoms with Crippen LogP contribution in [-0.2, 0) is 16.2 Å². The van der Waals surface area contributed by atoms with Gasteiger partial charge in [0.1, 0.15) is 16.7 Å². The quantitative estimate of drug-likeness (QED) is 0.181. The first-order valence-corrected chi connectivity index (χ1v) is 22.8. The first-order valence-electron chi connectivity index (χ1n) is 21.9. The van der Waals surface area contributed by atoms with Gasteiger partial charge in [0.25, 0.3) is 0 Å². The molecule has 62 heavy (non-hydrogen) atoms. The number of rotatable bonds is 3. The van der Waals surface area contributed by atoms with Crippen molar-refractivity contribution >= 4 is 116 Å². The van der Waals surface area contributed by atoms with Crippen LogP contribution in [0, 0.1) is 0 Å². The van der Waals surface area contributed by atoms with Crippen LogP contribution in [0.5, 0.6) is 0 Å². The van der Waals surface area contributed by atoms with Gasteiger partial charge in [-0.05, 0) is 98.6 Å². The van der Waals surface area contributed by atoms with E-state index in [9.17, 15) is 0 Å². The molecule has 12 rings (SSSR count). The molecule has 0 amide bonds. The summed E-state index contributed by atoms with van der Waals surface area (Å²) in [6.07, 6.45) is 0. The summed E-state index contributed by atoms with van der Waals surface area (Å²) < 4.78 is 18.6. The molecule has 0 saturated carbocycles. The lowest BCUT2D eigenvalue weighted by atomic mass is 9.62. The Morgan fingerprint density at radius 1 is 0.500 bits per heavy atom. The van der Waals surface area contributed by atoms with Crippen molar-refractivity contribution in [1.82, 2.24) is 4.57 Å². The largest absolute Gasteiger partial charge is 0.469 e. The van der Waals surface area contributed by atoms with Crippen molar-refractivity contribution in [2.75, 3.05) is 5.32 Å². The van der Waals surface area contributed by atoms with Gasteiger partial charge in [-0.25, -0.2) is 0 Å². The molecule has 304 valence electrons. The average Bonchev–Trinajstić information content (AvgIpc) is 3.97. The van der Waals surface area contributed by atoms with E-state index in [1.165, 1.54) is 69.7 Å². The summed E-state index contributed by atoms with van der Waals surface area (Å²) in [5.41, 5.74) is 17.1. The van der Waals surface area contributed by atoms with Gasteiger partial charge < -0.3 is 18.7 Å². The van der Waals surface area contributed by atoms with Gasteiger partial charge in [-0.15, -0.1) is 11.3 Å². The van der Waals surface area contributed by atoms with Crippen LogP contribution in [-0.4, -0.2) is 11.8 Å². The zero-order valence-electron chi connectivity index (χ0n) is 36.9. The molecule has 11 aromatic rings. The molecule has 4 nitrogen and oxygen atoms in total. The van der Waals surface area contributed by atoms with Crippen molar-refractivity contribution < 1.29 is 8.83 Å². The molecule has 0 radical (unpaired) electrons. The van der Waals surface area contributed by atoms with Crippen molar-refractivity contribution in [3.8, 4) is 16.8 Å². The molecule has 0 bridgehead atoms. The molecule has 1 N–H and O–H groups in total. The maximum Gasteiger partial charge on any atom is 0.244 e. The highest BCUT2D eigenvalue weighted by Gasteiger charge is 2.32. The van der Waals surface area contributed by atoms with Gasteiger partial charge in [0.15, 0.2) is 0 Å². The monoisotopic (exact) mass is 824 g/mol. The highest BCUT2D eigenvalue weighted by atomic mass is 32.1. The number of thiophene rings is 1. The fourth-order valence-electron chi connectivity index (χ4n) is 10.0. The van der Waals surface area contributed by atoms with Crippen molar-refractivity contribution in [2.24, 2.45) is 0 Å². The summed E-state index contributed by atoms with van der Waals surface area (Å²) in [7, 11) is 0.677. The number of aromatic nitrogens is 1. The van der Waals surface area contributed by atoms with Gasteiger partial charge in [-0.3, -0.25) is 0 Å². The highest BCUT2D eigenvalue weighted by molar-refractivity contribution is 7.25. The standard InChI is InChI=1S/C56H49BN2O2S/c1-54(2,3)30-14-18-33(19-15-30)58-43-27-41-35-20-16-32(56(7,8)9)25-48(35)62-49(41)28-38(43)36-21-22-37-39-26-40-34-12-10-11-13-45(34)60-47(40)29-44(39)59-51(37)50(36)57-53-52(59)42-24-31(55(4,5)6)17-23-46(42)61-53/h10-29,57-58H,1-9H3. The van der Waals surface area contributed by atoms with E-state index in [-0.39, 0.29) is 16.2 Å². The Morgan fingerprint density at radius 3 is 1.95 bits per heavy atom.